The van der Waals surface area contributed by atoms with E-state index in [1.165, 1.54) is 0 Å². The van der Waals surface area contributed by atoms with Crippen molar-refractivity contribution in [1.82, 2.24) is 10.6 Å². The van der Waals surface area contributed by atoms with Gasteiger partial charge in [0.25, 0.3) is 0 Å². The van der Waals surface area contributed by atoms with Crippen LogP contribution in [0.25, 0.3) is 10.8 Å². The molecule has 10 nitrogen and oxygen atoms in total. The summed E-state index contributed by atoms with van der Waals surface area (Å²) in [5.41, 5.74) is 0. The summed E-state index contributed by atoms with van der Waals surface area (Å²) in [7, 11) is 0. The minimum atomic E-state index is -0.720. The third kappa shape index (κ3) is 7.82. The molecular formula is C22H22N2O8. The lowest BCUT2D eigenvalue weighted by atomic mass is 10.1. The zero-order valence-electron chi connectivity index (χ0n) is 17.1. The number of hydrogen-bond acceptors (Lipinski definition) is 8. The third-order valence-corrected chi connectivity index (χ3v) is 3.79. The van der Waals surface area contributed by atoms with E-state index in [1.54, 1.807) is 36.4 Å². The van der Waals surface area contributed by atoms with Crippen molar-refractivity contribution < 1.29 is 38.1 Å². The van der Waals surface area contributed by atoms with Crippen LogP contribution in [0.2, 0.25) is 0 Å². The molecule has 0 fully saturated rings. The van der Waals surface area contributed by atoms with Crippen LogP contribution in [0.4, 0.5) is 9.59 Å². The molecule has 0 aliphatic heterocycles. The Morgan fingerprint density at radius 2 is 1.41 bits per heavy atom. The second-order valence-electron chi connectivity index (χ2n) is 6.01. The molecule has 32 heavy (non-hydrogen) atoms. The number of benzene rings is 2. The fraction of sp³-hybridized carbons (Fsp3) is 0.182. The van der Waals surface area contributed by atoms with Gasteiger partial charge < -0.3 is 29.6 Å². The van der Waals surface area contributed by atoms with Gasteiger partial charge >= 0.3 is 24.1 Å². The van der Waals surface area contributed by atoms with Gasteiger partial charge in [-0.1, -0.05) is 25.3 Å². The monoisotopic (exact) mass is 442 g/mol. The highest BCUT2D eigenvalue weighted by Gasteiger charge is 2.10. The van der Waals surface area contributed by atoms with Crippen molar-refractivity contribution >= 4 is 34.9 Å². The molecule has 2 aromatic rings. The molecule has 0 aromatic heterocycles. The predicted octanol–water partition coefficient (Wildman–Crippen LogP) is 2.48. The largest absolute Gasteiger partial charge is 0.461 e. The summed E-state index contributed by atoms with van der Waals surface area (Å²) in [6.45, 7) is 6.65. The van der Waals surface area contributed by atoms with Crippen LogP contribution in [0.5, 0.6) is 11.5 Å². The smallest absolute Gasteiger partial charge is 0.412 e. The van der Waals surface area contributed by atoms with Gasteiger partial charge in [-0.25, -0.2) is 19.2 Å². The summed E-state index contributed by atoms with van der Waals surface area (Å²) >= 11 is 0. The Morgan fingerprint density at radius 3 is 2.00 bits per heavy atom. The Balaban J connectivity index is 1.89. The van der Waals surface area contributed by atoms with Gasteiger partial charge in [0.05, 0.1) is 13.1 Å². The van der Waals surface area contributed by atoms with Crippen molar-refractivity contribution in [2.75, 3.05) is 26.3 Å². The summed E-state index contributed by atoms with van der Waals surface area (Å²) in [6, 6.07) is 9.82. The topological polar surface area (TPSA) is 129 Å². The molecule has 0 bridgehead atoms. The Kier molecular flexibility index (Phi) is 9.26. The Bertz CT molecular complexity index is 1020. The van der Waals surface area contributed by atoms with Crippen LogP contribution in [0.3, 0.4) is 0 Å². The Hall–Kier alpha value is -4.34. The number of amides is 2. The number of ether oxygens (including phenoxy) is 4. The van der Waals surface area contributed by atoms with Gasteiger partial charge in [0.2, 0.25) is 0 Å². The fourth-order valence-corrected chi connectivity index (χ4v) is 2.39. The van der Waals surface area contributed by atoms with Crippen LogP contribution in [0, 0.1) is 0 Å². The number of hydrogen-bond donors (Lipinski definition) is 2. The SMILES string of the molecule is C=CC(=O)OCCNC(=O)Oc1ccc2c(OC(=O)NCCOC(=O)C=C)cccc2c1. The van der Waals surface area contributed by atoms with Crippen molar-refractivity contribution in [3.63, 3.8) is 0 Å². The molecule has 0 saturated carbocycles. The average Bonchev–Trinajstić information content (AvgIpc) is 2.79. The molecule has 0 aliphatic rings. The van der Waals surface area contributed by atoms with Crippen LogP contribution in [-0.4, -0.2) is 50.4 Å². The molecule has 0 saturated heterocycles. The lowest BCUT2D eigenvalue weighted by Gasteiger charge is -2.11. The van der Waals surface area contributed by atoms with Crippen molar-refractivity contribution in [2.45, 2.75) is 0 Å². The number of carbonyl (C=O) groups excluding carboxylic acids is 4. The van der Waals surface area contributed by atoms with E-state index in [0.29, 0.717) is 16.5 Å². The van der Waals surface area contributed by atoms with E-state index in [4.69, 9.17) is 18.9 Å². The van der Waals surface area contributed by atoms with Crippen LogP contribution in [-0.2, 0) is 19.1 Å². The molecule has 0 radical (unpaired) electrons. The van der Waals surface area contributed by atoms with E-state index < -0.39 is 24.1 Å². The molecule has 0 spiro atoms. The molecule has 0 heterocycles. The zero-order valence-corrected chi connectivity index (χ0v) is 17.1. The van der Waals surface area contributed by atoms with E-state index in [-0.39, 0.29) is 32.1 Å². The van der Waals surface area contributed by atoms with Gasteiger partial charge in [-0.2, -0.15) is 0 Å². The lowest BCUT2D eigenvalue weighted by Crippen LogP contribution is -2.30. The van der Waals surface area contributed by atoms with Crippen LogP contribution >= 0.6 is 0 Å². The van der Waals surface area contributed by atoms with Gasteiger partial charge in [0, 0.05) is 17.5 Å². The number of nitrogens with one attached hydrogen (secondary N) is 2. The van der Waals surface area contributed by atoms with E-state index in [2.05, 4.69) is 23.8 Å². The highest BCUT2D eigenvalue weighted by atomic mass is 16.6. The molecule has 0 aliphatic carbocycles. The molecule has 2 aromatic carbocycles. The van der Waals surface area contributed by atoms with Crippen LogP contribution < -0.4 is 20.1 Å². The summed E-state index contributed by atoms with van der Waals surface area (Å²) in [4.78, 5) is 45.7. The molecule has 10 heteroatoms. The van der Waals surface area contributed by atoms with Crippen LogP contribution in [0.1, 0.15) is 0 Å². The second kappa shape index (κ2) is 12.4. The quantitative estimate of drug-likeness (QED) is 0.326. The summed E-state index contributed by atoms with van der Waals surface area (Å²) < 4.78 is 20.0. The van der Waals surface area contributed by atoms with E-state index in [1.807, 2.05) is 0 Å². The number of fused-ring (bicyclic) bond motifs is 1. The van der Waals surface area contributed by atoms with Gasteiger partial charge in [-0.15, -0.1) is 0 Å². The maximum atomic E-state index is 12.0. The Labute approximate surface area is 183 Å². The first-order valence-electron chi connectivity index (χ1n) is 9.45. The summed E-state index contributed by atoms with van der Waals surface area (Å²) in [5, 5.41) is 6.19. The first-order chi connectivity index (χ1) is 15.4. The molecule has 2 N–H and O–H groups in total. The highest BCUT2D eigenvalue weighted by Crippen LogP contribution is 2.29. The van der Waals surface area contributed by atoms with E-state index in [9.17, 15) is 19.2 Å². The lowest BCUT2D eigenvalue weighted by molar-refractivity contribution is -0.138. The maximum absolute atomic E-state index is 12.0. The molecule has 0 unspecified atom stereocenters. The zero-order chi connectivity index (χ0) is 23.3. The van der Waals surface area contributed by atoms with Crippen molar-refractivity contribution in [3.05, 3.63) is 61.7 Å². The predicted molar refractivity (Wildman–Crippen MR) is 114 cm³/mol. The molecule has 2 rings (SSSR count). The molecule has 0 atom stereocenters. The minimum Gasteiger partial charge on any atom is -0.461 e. The van der Waals surface area contributed by atoms with Crippen molar-refractivity contribution in [1.29, 1.82) is 0 Å². The van der Waals surface area contributed by atoms with E-state index in [0.717, 1.165) is 12.2 Å². The first kappa shape index (κ1) is 23.9. The standard InChI is InChI=1S/C22H22N2O8/c1-3-19(25)29-12-10-23-21(27)31-16-8-9-17-15(14-16)6-5-7-18(17)32-22(28)24-11-13-30-20(26)4-2/h3-9,14H,1-2,10-13H2,(H,23,27)(H,24,28). The number of rotatable bonds is 10. The van der Waals surface area contributed by atoms with Gasteiger partial charge in [0.1, 0.15) is 24.7 Å². The fourth-order valence-electron chi connectivity index (χ4n) is 2.39. The number of carbonyl (C=O) groups is 4. The molecular weight excluding hydrogens is 420 g/mol. The summed E-state index contributed by atoms with van der Waals surface area (Å²) in [5.74, 6) is -0.610. The normalized spacial score (nSPS) is 9.88. The molecule has 2 amide bonds. The van der Waals surface area contributed by atoms with Gasteiger partial charge in [-0.05, 0) is 29.7 Å². The first-order valence-corrected chi connectivity index (χ1v) is 9.45. The average molecular weight is 442 g/mol. The van der Waals surface area contributed by atoms with Crippen molar-refractivity contribution in [2.24, 2.45) is 0 Å². The van der Waals surface area contributed by atoms with E-state index >= 15 is 0 Å². The Morgan fingerprint density at radius 1 is 0.812 bits per heavy atom. The third-order valence-electron chi connectivity index (χ3n) is 3.79. The summed E-state index contributed by atoms with van der Waals surface area (Å²) in [6.07, 6.45) is 0.611. The molecule has 168 valence electrons. The second-order valence-corrected chi connectivity index (χ2v) is 6.01. The minimum absolute atomic E-state index is 0.0167. The highest BCUT2D eigenvalue weighted by molar-refractivity contribution is 5.91. The van der Waals surface area contributed by atoms with Crippen LogP contribution in [0.15, 0.2) is 61.7 Å². The maximum Gasteiger partial charge on any atom is 0.412 e. The van der Waals surface area contributed by atoms with Gasteiger partial charge in [-0.3, -0.25) is 0 Å². The van der Waals surface area contributed by atoms with Gasteiger partial charge in [0.15, 0.2) is 0 Å². The number of esters is 2. The van der Waals surface area contributed by atoms with Crippen molar-refractivity contribution in [3.8, 4) is 11.5 Å².